The number of hydrogen-bond acceptors (Lipinski definition) is 1. The predicted octanol–water partition coefficient (Wildman–Crippen LogP) is 3.39. The summed E-state index contributed by atoms with van der Waals surface area (Å²) in [5, 5.41) is 0.183. The fourth-order valence-electron chi connectivity index (χ4n) is 2.80. The standard InChI is InChI=1S/C13H22ClNOSi/c1-8-9(14)7-10-11(8)12(16)15(10)17(5,6)13(2,3)4/h9-11H,1,7H2,2-6H3/t9?,10-,11+/m1/s1. The van der Waals surface area contributed by atoms with Gasteiger partial charge in [-0.15, -0.1) is 11.6 Å². The zero-order chi connectivity index (χ0) is 13.2. The number of β-lactam (4-membered cyclic amide) rings is 1. The van der Waals surface area contributed by atoms with Crippen molar-refractivity contribution in [2.45, 2.75) is 56.7 Å². The summed E-state index contributed by atoms with van der Waals surface area (Å²) in [6.45, 7) is 15.3. The molecule has 1 aliphatic heterocycles. The normalized spacial score (nSPS) is 33.8. The molecular formula is C13H22ClNOSi. The van der Waals surface area contributed by atoms with Crippen molar-refractivity contribution in [3.8, 4) is 0 Å². The number of carbonyl (C=O) groups excluding carboxylic acids is 1. The Morgan fingerprint density at radius 3 is 2.41 bits per heavy atom. The molecule has 1 amide bonds. The Balaban J connectivity index is 2.28. The molecule has 0 aromatic carbocycles. The van der Waals surface area contributed by atoms with Gasteiger partial charge in [0.15, 0.2) is 8.24 Å². The first-order chi connectivity index (χ1) is 7.59. The maximum Gasteiger partial charge on any atom is 0.224 e. The van der Waals surface area contributed by atoms with Gasteiger partial charge in [0.2, 0.25) is 5.91 Å². The molecule has 0 aromatic rings. The molecule has 0 bridgehead atoms. The van der Waals surface area contributed by atoms with Crippen LogP contribution < -0.4 is 0 Å². The number of alkyl halides is 1. The lowest BCUT2D eigenvalue weighted by atomic mass is 9.92. The topological polar surface area (TPSA) is 20.3 Å². The second-order valence-electron chi connectivity index (χ2n) is 6.84. The summed E-state index contributed by atoms with van der Waals surface area (Å²) >= 11 is 6.22. The molecule has 3 atom stereocenters. The number of halogens is 1. The van der Waals surface area contributed by atoms with Gasteiger partial charge in [0.25, 0.3) is 0 Å². The summed E-state index contributed by atoms with van der Waals surface area (Å²) < 4.78 is 2.17. The summed E-state index contributed by atoms with van der Waals surface area (Å²) in [7, 11) is -1.75. The Morgan fingerprint density at radius 2 is 1.94 bits per heavy atom. The lowest BCUT2D eigenvalue weighted by Gasteiger charge is -2.56. The summed E-state index contributed by atoms with van der Waals surface area (Å²) in [6.07, 6.45) is 0.892. The Bertz CT molecular complexity index is 385. The van der Waals surface area contributed by atoms with Crippen LogP contribution in [-0.2, 0) is 4.79 Å². The predicted molar refractivity (Wildman–Crippen MR) is 74.7 cm³/mol. The number of nitrogens with zero attached hydrogens (tertiary/aromatic N) is 1. The minimum atomic E-state index is -1.75. The number of hydrogen-bond donors (Lipinski definition) is 0. The van der Waals surface area contributed by atoms with Crippen LogP contribution in [0.4, 0.5) is 0 Å². The van der Waals surface area contributed by atoms with E-state index in [9.17, 15) is 4.79 Å². The van der Waals surface area contributed by atoms with E-state index in [1.807, 2.05) is 0 Å². The van der Waals surface area contributed by atoms with Gasteiger partial charge in [-0.1, -0.05) is 40.4 Å². The molecule has 0 aromatic heterocycles. The van der Waals surface area contributed by atoms with Gasteiger partial charge in [0, 0.05) is 6.04 Å². The molecule has 2 fully saturated rings. The van der Waals surface area contributed by atoms with Crippen molar-refractivity contribution >= 4 is 25.7 Å². The van der Waals surface area contributed by atoms with Gasteiger partial charge in [-0.25, -0.2) is 0 Å². The lowest BCUT2D eigenvalue weighted by Crippen LogP contribution is -2.71. The van der Waals surface area contributed by atoms with Crippen LogP contribution in [0, 0.1) is 5.92 Å². The Morgan fingerprint density at radius 1 is 1.41 bits per heavy atom. The third-order valence-corrected chi connectivity index (χ3v) is 10.8. The summed E-state index contributed by atoms with van der Waals surface area (Å²) in [5.74, 6) is 0.293. The first-order valence-corrected chi connectivity index (χ1v) is 9.63. The maximum atomic E-state index is 12.3. The Hall–Kier alpha value is -0.283. The summed E-state index contributed by atoms with van der Waals surface area (Å²) in [6, 6.07) is 0.332. The third kappa shape index (κ3) is 1.62. The van der Waals surface area contributed by atoms with Crippen LogP contribution in [0.5, 0.6) is 0 Å². The molecule has 1 unspecified atom stereocenters. The number of carbonyl (C=O) groups is 1. The van der Waals surface area contributed by atoms with Crippen LogP contribution >= 0.6 is 11.6 Å². The van der Waals surface area contributed by atoms with Gasteiger partial charge in [-0.2, -0.15) is 0 Å². The van der Waals surface area contributed by atoms with Crippen molar-refractivity contribution in [3.63, 3.8) is 0 Å². The van der Waals surface area contributed by atoms with Gasteiger partial charge < -0.3 is 4.57 Å². The van der Waals surface area contributed by atoms with Crippen LogP contribution in [0.25, 0.3) is 0 Å². The van der Waals surface area contributed by atoms with Gasteiger partial charge in [0.05, 0.1) is 11.3 Å². The minimum Gasteiger partial charge on any atom is -0.365 e. The molecule has 2 nitrogen and oxygen atoms in total. The fraction of sp³-hybridized carbons (Fsp3) is 0.769. The molecule has 0 spiro atoms. The average molecular weight is 272 g/mol. The van der Waals surface area contributed by atoms with E-state index in [1.54, 1.807) is 0 Å². The molecule has 0 radical (unpaired) electrons. The highest BCUT2D eigenvalue weighted by Gasteiger charge is 2.61. The molecule has 2 rings (SSSR count). The van der Waals surface area contributed by atoms with Crippen LogP contribution in [0.1, 0.15) is 27.2 Å². The number of fused-ring (bicyclic) bond motifs is 1. The van der Waals surface area contributed by atoms with Crippen molar-refractivity contribution in [1.82, 2.24) is 4.57 Å². The highest BCUT2D eigenvalue weighted by molar-refractivity contribution is 6.80. The molecule has 1 heterocycles. The van der Waals surface area contributed by atoms with E-state index in [0.717, 1.165) is 12.0 Å². The van der Waals surface area contributed by atoms with Gasteiger partial charge in [-0.05, 0) is 17.0 Å². The fourth-order valence-corrected chi connectivity index (χ4v) is 5.62. The monoisotopic (exact) mass is 271 g/mol. The largest absolute Gasteiger partial charge is 0.365 e. The smallest absolute Gasteiger partial charge is 0.224 e. The summed E-state index contributed by atoms with van der Waals surface area (Å²) in [5.41, 5.74) is 0.941. The van der Waals surface area contributed by atoms with E-state index < -0.39 is 8.24 Å². The average Bonchev–Trinajstić information content (AvgIpc) is 2.36. The van der Waals surface area contributed by atoms with E-state index in [1.165, 1.54) is 0 Å². The maximum absolute atomic E-state index is 12.3. The van der Waals surface area contributed by atoms with Crippen molar-refractivity contribution in [2.75, 3.05) is 0 Å². The van der Waals surface area contributed by atoms with Crippen molar-refractivity contribution in [1.29, 1.82) is 0 Å². The van der Waals surface area contributed by atoms with Gasteiger partial charge in [0.1, 0.15) is 0 Å². The second kappa shape index (κ2) is 3.61. The molecule has 17 heavy (non-hydrogen) atoms. The van der Waals surface area contributed by atoms with Crippen LogP contribution in [0.15, 0.2) is 12.2 Å². The Labute approximate surface area is 110 Å². The van der Waals surface area contributed by atoms with E-state index in [2.05, 4.69) is 45.0 Å². The molecule has 96 valence electrons. The Kier molecular flexibility index (Phi) is 2.79. The third-order valence-electron chi connectivity index (χ3n) is 4.91. The molecule has 1 saturated heterocycles. The zero-order valence-electron chi connectivity index (χ0n) is 11.4. The minimum absolute atomic E-state index is 0.0104. The molecule has 2 aliphatic rings. The highest BCUT2D eigenvalue weighted by atomic mass is 35.5. The van der Waals surface area contributed by atoms with E-state index in [0.29, 0.717) is 6.04 Å². The van der Waals surface area contributed by atoms with Crippen molar-refractivity contribution in [3.05, 3.63) is 12.2 Å². The first-order valence-electron chi connectivity index (χ1n) is 6.25. The van der Waals surface area contributed by atoms with Crippen molar-refractivity contribution in [2.24, 2.45) is 5.92 Å². The van der Waals surface area contributed by atoms with Crippen LogP contribution in [0.3, 0.4) is 0 Å². The van der Waals surface area contributed by atoms with Gasteiger partial charge >= 0.3 is 0 Å². The van der Waals surface area contributed by atoms with Crippen LogP contribution in [0.2, 0.25) is 18.1 Å². The zero-order valence-corrected chi connectivity index (χ0v) is 13.1. The molecule has 1 aliphatic carbocycles. The summed E-state index contributed by atoms with van der Waals surface area (Å²) in [4.78, 5) is 12.3. The SMILES string of the molecule is C=C1C(Cl)C[C@@H]2[C@H]1C(=O)N2[Si](C)(C)C(C)(C)C. The lowest BCUT2D eigenvalue weighted by molar-refractivity contribution is -0.143. The van der Waals surface area contributed by atoms with E-state index >= 15 is 0 Å². The van der Waals surface area contributed by atoms with Crippen molar-refractivity contribution < 1.29 is 4.79 Å². The highest BCUT2D eigenvalue weighted by Crippen LogP contribution is 2.52. The molecular weight excluding hydrogens is 250 g/mol. The van der Waals surface area contributed by atoms with E-state index in [-0.39, 0.29) is 22.2 Å². The van der Waals surface area contributed by atoms with E-state index in [4.69, 9.17) is 11.6 Å². The first kappa shape index (κ1) is 13.2. The number of rotatable bonds is 1. The van der Waals surface area contributed by atoms with Gasteiger partial charge in [-0.3, -0.25) is 4.79 Å². The molecule has 1 saturated carbocycles. The second-order valence-corrected chi connectivity index (χ2v) is 12.5. The quantitative estimate of drug-likeness (QED) is 0.310. The van der Waals surface area contributed by atoms with Crippen LogP contribution in [-0.4, -0.2) is 30.1 Å². The number of amides is 1. The molecule has 4 heteroatoms. The molecule has 0 N–H and O–H groups in total.